The van der Waals surface area contributed by atoms with E-state index >= 15 is 0 Å². The summed E-state index contributed by atoms with van der Waals surface area (Å²) in [6.45, 7) is 13.0. The number of amides is 1. The number of nitrogens with zero attached hydrogens (tertiary/aromatic N) is 2. The van der Waals surface area contributed by atoms with Gasteiger partial charge < -0.3 is 43.7 Å². The number of methoxy groups -OCH3 is 2. The first-order chi connectivity index (χ1) is 29.0. The zero-order chi connectivity index (χ0) is 46.6. The third-order valence-electron chi connectivity index (χ3n) is 13.3. The number of hydrogen-bond donors (Lipinski definition) is 2. The molecule has 2 unspecified atom stereocenters. The molecule has 3 fully saturated rings. The number of aliphatic hydroxyl groups is 1. The Balaban J connectivity index is 1.65. The number of nitro benzene ring substituents is 1. The van der Waals surface area contributed by atoms with Crippen LogP contribution in [0.15, 0.2) is 18.2 Å². The van der Waals surface area contributed by atoms with Crippen molar-refractivity contribution in [1.29, 1.82) is 0 Å². The normalized spacial score (nSPS) is 36.0. The highest BCUT2D eigenvalue weighted by Crippen LogP contribution is 2.48. The van der Waals surface area contributed by atoms with Gasteiger partial charge in [-0.1, -0.05) is 27.7 Å². The summed E-state index contributed by atoms with van der Waals surface area (Å²) in [6.07, 6.45) is -4.78. The molecule has 18 heteroatoms. The van der Waals surface area contributed by atoms with Crippen LogP contribution in [0, 0.1) is 45.6 Å². The molecule has 346 valence electrons. The number of nitro groups is 1. The van der Waals surface area contributed by atoms with Crippen molar-refractivity contribution < 1.29 is 67.2 Å². The zero-order valence-electron chi connectivity index (χ0n) is 38.0. The maximum Gasteiger partial charge on any atom is 0.316 e. The highest BCUT2D eigenvalue weighted by molar-refractivity contribution is 6.00. The van der Waals surface area contributed by atoms with Crippen LogP contribution in [0.5, 0.6) is 5.75 Å². The fourth-order valence-electron chi connectivity index (χ4n) is 9.68. The molecule has 14 atom stereocenters. The Labute approximate surface area is 363 Å². The van der Waals surface area contributed by atoms with Gasteiger partial charge in [-0.25, -0.2) is 0 Å². The minimum absolute atomic E-state index is 0.0159. The summed E-state index contributed by atoms with van der Waals surface area (Å²) >= 11 is 0. The first kappa shape index (κ1) is 50.3. The van der Waals surface area contributed by atoms with Crippen LogP contribution in [-0.2, 0) is 47.7 Å². The number of aliphatic hydroxyl groups excluding tert-OH is 1. The van der Waals surface area contributed by atoms with Gasteiger partial charge in [-0.3, -0.25) is 38.9 Å². The lowest BCUT2D eigenvalue weighted by Crippen LogP contribution is -2.59. The van der Waals surface area contributed by atoms with Gasteiger partial charge >= 0.3 is 17.6 Å². The van der Waals surface area contributed by atoms with Gasteiger partial charge in [-0.2, -0.15) is 0 Å². The number of carbonyl (C=O) groups is 6. The molecule has 1 amide bonds. The number of esters is 2. The first-order valence-corrected chi connectivity index (χ1v) is 21.3. The molecule has 0 spiro atoms. The number of ether oxygens (including phenoxy) is 6. The monoisotopic (exact) mass is 875 g/mol. The molecule has 1 aromatic carbocycles. The van der Waals surface area contributed by atoms with E-state index in [9.17, 15) is 44.0 Å². The number of nitrogens with one attached hydrogen (secondary N) is 1. The summed E-state index contributed by atoms with van der Waals surface area (Å²) in [6, 6.07) is 3.40. The molecular formula is C44H65N3O15. The topological polar surface area (TPSA) is 236 Å². The maximum absolute atomic E-state index is 14.7. The summed E-state index contributed by atoms with van der Waals surface area (Å²) in [7, 11) is 6.36. The minimum atomic E-state index is -1.58. The molecule has 0 radical (unpaired) electrons. The number of likely N-dealkylation sites (N-methyl/N-ethyl adjacent to an activating group) is 1. The Kier molecular flexibility index (Phi) is 16.6. The highest BCUT2D eigenvalue weighted by Gasteiger charge is 2.61. The van der Waals surface area contributed by atoms with Gasteiger partial charge in [0.05, 0.1) is 35.8 Å². The number of rotatable bonds is 13. The van der Waals surface area contributed by atoms with Crippen LogP contribution in [0.4, 0.5) is 5.69 Å². The number of benzene rings is 1. The van der Waals surface area contributed by atoms with Crippen molar-refractivity contribution in [2.45, 2.75) is 135 Å². The molecule has 4 rings (SSSR count). The second-order valence-corrected chi connectivity index (χ2v) is 17.8. The Morgan fingerprint density at radius 1 is 1.00 bits per heavy atom. The fraction of sp³-hybridized carbons (Fsp3) is 0.727. The van der Waals surface area contributed by atoms with Crippen LogP contribution in [0.1, 0.15) is 97.9 Å². The van der Waals surface area contributed by atoms with Crippen molar-refractivity contribution in [1.82, 2.24) is 10.2 Å². The molecule has 2 N–H and O–H groups in total. The van der Waals surface area contributed by atoms with Crippen molar-refractivity contribution in [2.75, 3.05) is 34.9 Å². The number of ketones is 3. The molecule has 3 heterocycles. The lowest BCUT2D eigenvalue weighted by Gasteiger charge is -2.47. The van der Waals surface area contributed by atoms with Gasteiger partial charge in [0.15, 0.2) is 29.2 Å². The lowest BCUT2D eigenvalue weighted by atomic mass is 9.67. The standard InChI is InChI=1S/C44H65N3O15/c1-13-33-44(8)35(28(41(54)62-44)21-45-34(49)17-15-31(48)27-14-16-32(57-11)29(19-27)47(55)56)24(4)36(50)22(2)20-43(7,58-12)39(25(5)37(51)26(6)40(53)60-33)61-42-38(52)30(46(9)10)18-23(3)59-42/h14,16,19,22-26,28,30,33,35,38-39,42,52H,13,15,17-18,20-21H2,1-12H3,(H,45,49)/t22-,23-,24-,25?,26-,28?,30+,33-,35+,38-,39-,42+,43-,44-/m1/s1. The third-order valence-corrected chi connectivity index (χ3v) is 13.3. The van der Waals surface area contributed by atoms with Crippen molar-refractivity contribution in [3.8, 4) is 5.75 Å². The number of Topliss-reactive ketones (excluding diaryl/α,β-unsaturated/α-hetero) is 3. The number of cyclic esters (lactones) is 1. The summed E-state index contributed by atoms with van der Waals surface area (Å²) in [4.78, 5) is 95.6. The van der Waals surface area contributed by atoms with Crippen LogP contribution in [0.2, 0.25) is 0 Å². The predicted octanol–water partition coefficient (Wildman–Crippen LogP) is 3.85. The predicted molar refractivity (Wildman–Crippen MR) is 222 cm³/mol. The molecule has 62 heavy (non-hydrogen) atoms. The summed E-state index contributed by atoms with van der Waals surface area (Å²) in [5, 5.41) is 25.6. The van der Waals surface area contributed by atoms with Crippen molar-refractivity contribution in [3.05, 3.63) is 33.9 Å². The largest absolute Gasteiger partial charge is 0.490 e. The molecule has 3 aliphatic rings. The molecule has 3 saturated heterocycles. The summed E-state index contributed by atoms with van der Waals surface area (Å²) in [5.41, 5.74) is -3.33. The minimum Gasteiger partial charge on any atom is -0.490 e. The van der Waals surface area contributed by atoms with E-state index in [2.05, 4.69) is 5.32 Å². The van der Waals surface area contributed by atoms with E-state index in [0.29, 0.717) is 6.42 Å². The Morgan fingerprint density at radius 2 is 1.66 bits per heavy atom. The van der Waals surface area contributed by atoms with E-state index in [-0.39, 0.29) is 61.5 Å². The van der Waals surface area contributed by atoms with E-state index in [0.717, 1.165) is 6.07 Å². The Hall–Kier alpha value is -4.36. The summed E-state index contributed by atoms with van der Waals surface area (Å²) < 4.78 is 35.9. The van der Waals surface area contributed by atoms with Crippen LogP contribution in [0.25, 0.3) is 0 Å². The van der Waals surface area contributed by atoms with Crippen LogP contribution < -0.4 is 10.1 Å². The molecule has 0 bridgehead atoms. The second-order valence-electron chi connectivity index (χ2n) is 17.8. The number of carbonyl (C=O) groups excluding carboxylic acids is 6. The smallest absolute Gasteiger partial charge is 0.316 e. The maximum atomic E-state index is 14.7. The van der Waals surface area contributed by atoms with E-state index in [1.54, 1.807) is 41.5 Å². The second kappa shape index (κ2) is 20.4. The molecule has 3 aliphatic heterocycles. The molecule has 1 aromatic rings. The average molecular weight is 876 g/mol. The van der Waals surface area contributed by atoms with E-state index < -0.39 is 111 Å². The SMILES string of the molecule is CC[C@H]1OC(=O)[C@H](C)C(=O)C(C)[C@@H](O[C@@H]2O[C@H](C)C[C@H](N(C)C)[C@H]2O)[C@](C)(OC)C[C@@H](C)C(=O)[C@H](C)[C@H]2C(CNC(=O)CCC(=O)c3ccc(OC)c([N+](=O)[O-])c3)C(=O)O[C@@]21C. The molecule has 0 aliphatic carbocycles. The highest BCUT2D eigenvalue weighted by atomic mass is 16.7. The lowest BCUT2D eigenvalue weighted by molar-refractivity contribution is -0.385. The van der Waals surface area contributed by atoms with Gasteiger partial charge in [-0.05, 0) is 73.2 Å². The number of hydrogen-bond acceptors (Lipinski definition) is 16. The van der Waals surface area contributed by atoms with Gasteiger partial charge in [0.25, 0.3) is 0 Å². The van der Waals surface area contributed by atoms with Gasteiger partial charge in [-0.15, -0.1) is 0 Å². The van der Waals surface area contributed by atoms with E-state index in [1.807, 2.05) is 25.9 Å². The molecule has 0 saturated carbocycles. The van der Waals surface area contributed by atoms with Crippen molar-refractivity contribution in [2.24, 2.45) is 35.5 Å². The van der Waals surface area contributed by atoms with Crippen molar-refractivity contribution >= 4 is 40.9 Å². The quantitative estimate of drug-likeness (QED) is 0.0941. The average Bonchev–Trinajstić information content (AvgIpc) is 3.50. The fourth-order valence-corrected chi connectivity index (χ4v) is 9.68. The Morgan fingerprint density at radius 3 is 2.24 bits per heavy atom. The molecule has 18 nitrogen and oxygen atoms in total. The van der Waals surface area contributed by atoms with Gasteiger partial charge in [0, 0.05) is 67.8 Å². The molecular weight excluding hydrogens is 810 g/mol. The van der Waals surface area contributed by atoms with Crippen LogP contribution in [-0.4, -0.2) is 133 Å². The zero-order valence-corrected chi connectivity index (χ0v) is 38.0. The van der Waals surface area contributed by atoms with Gasteiger partial charge in [0.2, 0.25) is 5.91 Å². The van der Waals surface area contributed by atoms with Gasteiger partial charge in [0.1, 0.15) is 23.9 Å². The summed E-state index contributed by atoms with van der Waals surface area (Å²) in [5.74, 6) is -9.71. The van der Waals surface area contributed by atoms with E-state index in [1.165, 1.54) is 33.3 Å². The van der Waals surface area contributed by atoms with E-state index in [4.69, 9.17) is 28.4 Å². The van der Waals surface area contributed by atoms with Crippen LogP contribution in [0.3, 0.4) is 0 Å². The Bertz CT molecular complexity index is 1860. The molecule has 0 aromatic heterocycles. The first-order valence-electron chi connectivity index (χ1n) is 21.3. The van der Waals surface area contributed by atoms with Crippen molar-refractivity contribution in [3.63, 3.8) is 0 Å². The number of fused-ring (bicyclic) bond motifs is 1. The van der Waals surface area contributed by atoms with Crippen LogP contribution >= 0.6 is 0 Å². The third kappa shape index (κ3) is 10.5.